The van der Waals surface area contributed by atoms with Crippen LogP contribution in [0.25, 0.3) is 10.8 Å². The van der Waals surface area contributed by atoms with Crippen molar-refractivity contribution in [1.29, 1.82) is 0 Å². The number of rotatable bonds is 2. The van der Waals surface area contributed by atoms with Crippen molar-refractivity contribution in [2.45, 2.75) is 31.7 Å². The molecule has 1 fully saturated rings. The van der Waals surface area contributed by atoms with E-state index in [4.69, 9.17) is 11.6 Å². The maximum Gasteiger partial charge on any atom is 0.136 e. The number of aromatic nitrogens is 1. The molecule has 1 aliphatic heterocycles. The van der Waals surface area contributed by atoms with Gasteiger partial charge in [-0.1, -0.05) is 24.3 Å². The summed E-state index contributed by atoms with van der Waals surface area (Å²) >= 11 is 5.99. The summed E-state index contributed by atoms with van der Waals surface area (Å²) in [7, 11) is 0. The van der Waals surface area contributed by atoms with Crippen LogP contribution in [0.1, 0.15) is 25.3 Å². The summed E-state index contributed by atoms with van der Waals surface area (Å²) in [6.45, 7) is 3.39. The molecular weight excluding hydrogens is 244 g/mol. The first-order chi connectivity index (χ1) is 8.81. The number of pyridine rings is 1. The van der Waals surface area contributed by atoms with E-state index in [0.29, 0.717) is 11.9 Å². The maximum absolute atomic E-state index is 5.99. The molecule has 0 saturated carbocycles. The number of hydrogen-bond acceptors (Lipinski definition) is 2. The van der Waals surface area contributed by atoms with Crippen LogP contribution in [-0.2, 0) is 5.88 Å². The first-order valence-corrected chi connectivity index (χ1v) is 7.04. The van der Waals surface area contributed by atoms with Crippen molar-refractivity contribution >= 4 is 28.2 Å². The molecule has 3 rings (SSSR count). The number of benzene rings is 1. The molecular formula is C15H17ClN2. The standard InChI is InChI=1S/C15H17ClN2/c1-11-5-4-8-18(11)15-14-7-3-2-6-13(14)12(9-16)10-17-15/h2-3,6-7,10-11H,4-5,8-9H2,1H3. The Labute approximate surface area is 113 Å². The zero-order chi connectivity index (χ0) is 12.5. The lowest BCUT2D eigenvalue weighted by Gasteiger charge is -2.24. The van der Waals surface area contributed by atoms with E-state index in [2.05, 4.69) is 41.1 Å². The van der Waals surface area contributed by atoms with E-state index in [9.17, 15) is 0 Å². The highest BCUT2D eigenvalue weighted by atomic mass is 35.5. The first-order valence-electron chi connectivity index (χ1n) is 6.50. The van der Waals surface area contributed by atoms with E-state index in [1.807, 2.05) is 6.20 Å². The molecule has 0 amide bonds. The SMILES string of the molecule is CC1CCCN1c1ncc(CCl)c2ccccc12. The minimum absolute atomic E-state index is 0.517. The summed E-state index contributed by atoms with van der Waals surface area (Å²) in [4.78, 5) is 7.07. The molecule has 0 N–H and O–H groups in total. The fraction of sp³-hybridized carbons (Fsp3) is 0.400. The van der Waals surface area contributed by atoms with E-state index in [0.717, 1.165) is 17.9 Å². The Bertz CT molecular complexity index is 567. The van der Waals surface area contributed by atoms with E-state index in [-0.39, 0.29) is 0 Å². The van der Waals surface area contributed by atoms with Crippen LogP contribution in [0.3, 0.4) is 0 Å². The maximum atomic E-state index is 5.99. The highest BCUT2D eigenvalue weighted by Gasteiger charge is 2.23. The largest absolute Gasteiger partial charge is 0.353 e. The van der Waals surface area contributed by atoms with Gasteiger partial charge in [-0.3, -0.25) is 0 Å². The average molecular weight is 261 g/mol. The Morgan fingerprint density at radius 3 is 2.78 bits per heavy atom. The lowest BCUT2D eigenvalue weighted by atomic mass is 10.1. The van der Waals surface area contributed by atoms with Crippen LogP contribution < -0.4 is 4.90 Å². The van der Waals surface area contributed by atoms with Crippen LogP contribution in [0.4, 0.5) is 5.82 Å². The Kier molecular flexibility index (Phi) is 3.13. The van der Waals surface area contributed by atoms with Crippen LogP contribution in [0.15, 0.2) is 30.5 Å². The van der Waals surface area contributed by atoms with Gasteiger partial charge in [0, 0.05) is 30.0 Å². The molecule has 2 aromatic rings. The molecule has 2 nitrogen and oxygen atoms in total. The molecule has 1 atom stereocenters. The predicted octanol–water partition coefficient (Wildman–Crippen LogP) is 3.96. The smallest absolute Gasteiger partial charge is 0.136 e. The van der Waals surface area contributed by atoms with Crippen molar-refractivity contribution in [3.63, 3.8) is 0 Å². The zero-order valence-corrected chi connectivity index (χ0v) is 11.3. The van der Waals surface area contributed by atoms with Crippen LogP contribution in [0.5, 0.6) is 0 Å². The highest BCUT2D eigenvalue weighted by molar-refractivity contribution is 6.18. The van der Waals surface area contributed by atoms with Gasteiger partial charge in [0.1, 0.15) is 5.82 Å². The molecule has 3 heteroatoms. The second kappa shape index (κ2) is 4.77. The summed E-state index contributed by atoms with van der Waals surface area (Å²) in [6.07, 6.45) is 4.44. The Morgan fingerprint density at radius 2 is 2.11 bits per heavy atom. The Morgan fingerprint density at radius 1 is 1.33 bits per heavy atom. The number of fused-ring (bicyclic) bond motifs is 1. The highest BCUT2D eigenvalue weighted by Crippen LogP contribution is 2.32. The topological polar surface area (TPSA) is 16.1 Å². The van der Waals surface area contributed by atoms with Gasteiger partial charge < -0.3 is 4.90 Å². The third-order valence-corrected chi connectivity index (χ3v) is 4.11. The number of alkyl halides is 1. The summed E-state index contributed by atoms with van der Waals surface area (Å²) in [5.41, 5.74) is 1.11. The lowest BCUT2D eigenvalue weighted by molar-refractivity contribution is 0.729. The fourth-order valence-corrected chi connectivity index (χ4v) is 3.03. The Hall–Kier alpha value is -1.28. The minimum atomic E-state index is 0.517. The molecule has 18 heavy (non-hydrogen) atoms. The second-order valence-corrected chi connectivity index (χ2v) is 5.24. The van der Waals surface area contributed by atoms with Gasteiger partial charge >= 0.3 is 0 Å². The molecule has 0 spiro atoms. The molecule has 1 aliphatic rings. The molecule has 0 aliphatic carbocycles. The van der Waals surface area contributed by atoms with E-state index in [1.165, 1.54) is 23.6 Å². The molecule has 1 saturated heterocycles. The third-order valence-electron chi connectivity index (χ3n) is 3.83. The van der Waals surface area contributed by atoms with Crippen molar-refractivity contribution in [2.75, 3.05) is 11.4 Å². The van der Waals surface area contributed by atoms with Crippen LogP contribution >= 0.6 is 11.6 Å². The molecule has 0 radical (unpaired) electrons. The number of hydrogen-bond donors (Lipinski definition) is 0. The summed E-state index contributed by atoms with van der Waals surface area (Å²) < 4.78 is 0. The van der Waals surface area contributed by atoms with Crippen molar-refractivity contribution < 1.29 is 0 Å². The van der Waals surface area contributed by atoms with Crippen LogP contribution in [0.2, 0.25) is 0 Å². The van der Waals surface area contributed by atoms with Gasteiger partial charge in [-0.15, -0.1) is 11.6 Å². The van der Waals surface area contributed by atoms with Gasteiger partial charge in [-0.2, -0.15) is 0 Å². The summed E-state index contributed by atoms with van der Waals surface area (Å²) in [5.74, 6) is 1.63. The monoisotopic (exact) mass is 260 g/mol. The van der Waals surface area contributed by atoms with Crippen molar-refractivity contribution in [3.8, 4) is 0 Å². The lowest BCUT2D eigenvalue weighted by Crippen LogP contribution is -2.27. The normalized spacial score (nSPS) is 19.7. The molecule has 2 heterocycles. The van der Waals surface area contributed by atoms with Gasteiger partial charge in [-0.25, -0.2) is 4.98 Å². The van der Waals surface area contributed by atoms with Crippen molar-refractivity contribution in [1.82, 2.24) is 4.98 Å². The van der Waals surface area contributed by atoms with Gasteiger partial charge in [0.25, 0.3) is 0 Å². The van der Waals surface area contributed by atoms with Gasteiger partial charge in [0.05, 0.1) is 0 Å². The van der Waals surface area contributed by atoms with Crippen molar-refractivity contribution in [3.05, 3.63) is 36.0 Å². The van der Waals surface area contributed by atoms with Crippen LogP contribution in [-0.4, -0.2) is 17.6 Å². The van der Waals surface area contributed by atoms with Gasteiger partial charge in [0.15, 0.2) is 0 Å². The first kappa shape index (κ1) is 11.8. The van der Waals surface area contributed by atoms with E-state index >= 15 is 0 Å². The predicted molar refractivity (Wildman–Crippen MR) is 77.3 cm³/mol. The Balaban J connectivity index is 2.18. The van der Waals surface area contributed by atoms with E-state index in [1.54, 1.807) is 0 Å². The molecule has 1 aromatic heterocycles. The average Bonchev–Trinajstić information content (AvgIpc) is 2.83. The zero-order valence-electron chi connectivity index (χ0n) is 10.6. The number of nitrogens with zero attached hydrogens (tertiary/aromatic N) is 2. The number of anilines is 1. The second-order valence-electron chi connectivity index (χ2n) is 4.97. The third kappa shape index (κ3) is 1.85. The molecule has 94 valence electrons. The minimum Gasteiger partial charge on any atom is -0.353 e. The quantitative estimate of drug-likeness (QED) is 0.760. The molecule has 0 bridgehead atoms. The van der Waals surface area contributed by atoms with E-state index < -0.39 is 0 Å². The van der Waals surface area contributed by atoms with Gasteiger partial charge in [0.2, 0.25) is 0 Å². The van der Waals surface area contributed by atoms with Gasteiger partial charge in [-0.05, 0) is 30.7 Å². The van der Waals surface area contributed by atoms with Crippen molar-refractivity contribution in [2.24, 2.45) is 0 Å². The molecule has 1 aromatic carbocycles. The fourth-order valence-electron chi connectivity index (χ4n) is 2.82. The summed E-state index contributed by atoms with van der Waals surface area (Å²) in [5, 5.41) is 2.46. The van der Waals surface area contributed by atoms with Crippen LogP contribution in [0, 0.1) is 0 Å². The summed E-state index contributed by atoms with van der Waals surface area (Å²) in [6, 6.07) is 9.02. The number of halogens is 1. The molecule has 1 unspecified atom stereocenters.